The Morgan fingerprint density at radius 2 is 1.89 bits per heavy atom. The second-order valence-corrected chi connectivity index (χ2v) is 6.03. The zero-order valence-electron chi connectivity index (χ0n) is 14.6. The molecule has 146 valence electrons. The zero-order chi connectivity index (χ0) is 20.3. The number of carbonyl (C=O) groups is 1. The van der Waals surface area contributed by atoms with Crippen molar-refractivity contribution in [2.45, 2.75) is 25.7 Å². The van der Waals surface area contributed by atoms with Crippen LogP contribution in [-0.4, -0.2) is 26.1 Å². The van der Waals surface area contributed by atoms with Crippen LogP contribution < -0.4 is 5.32 Å². The summed E-state index contributed by atoms with van der Waals surface area (Å²) in [6.45, 7) is 1.70. The maximum absolute atomic E-state index is 12.9. The average molecular weight is 393 g/mol. The van der Waals surface area contributed by atoms with Gasteiger partial charge in [-0.05, 0) is 42.0 Å². The molecule has 1 aromatic heterocycles. The molecule has 0 spiro atoms. The molecule has 28 heavy (non-hydrogen) atoms. The summed E-state index contributed by atoms with van der Waals surface area (Å²) in [7, 11) is 0. The number of nitrogens with one attached hydrogen (secondary N) is 1. The van der Waals surface area contributed by atoms with Crippen molar-refractivity contribution in [2.24, 2.45) is 0 Å². The number of aromatic nitrogens is 4. The van der Waals surface area contributed by atoms with Gasteiger partial charge >= 0.3 is 6.18 Å². The molecule has 0 aliphatic rings. The molecule has 0 saturated carbocycles. The molecule has 1 amide bonds. The van der Waals surface area contributed by atoms with Crippen molar-refractivity contribution in [2.75, 3.05) is 0 Å². The lowest BCUT2D eigenvalue weighted by molar-refractivity contribution is -0.137. The first-order chi connectivity index (χ1) is 13.2. The first-order valence-corrected chi connectivity index (χ1v) is 8.23. The average Bonchev–Trinajstić information content (AvgIpc) is 3.16. The maximum Gasteiger partial charge on any atom is 0.416 e. The van der Waals surface area contributed by atoms with Gasteiger partial charge in [0.1, 0.15) is 11.9 Å². The molecule has 10 heteroatoms. The van der Waals surface area contributed by atoms with Crippen LogP contribution in [-0.2, 0) is 17.5 Å². The van der Waals surface area contributed by atoms with Crippen molar-refractivity contribution in [3.05, 3.63) is 65.5 Å². The Hall–Kier alpha value is -3.30. The lowest BCUT2D eigenvalue weighted by Crippen LogP contribution is -2.31. The minimum Gasteiger partial charge on any atom is -0.350 e. The predicted molar refractivity (Wildman–Crippen MR) is 91.2 cm³/mol. The third-order valence-electron chi connectivity index (χ3n) is 3.98. The van der Waals surface area contributed by atoms with Crippen LogP contribution in [0.15, 0.2) is 48.5 Å². The van der Waals surface area contributed by atoms with Crippen LogP contribution in [0, 0.1) is 5.82 Å². The van der Waals surface area contributed by atoms with Gasteiger partial charge < -0.3 is 5.32 Å². The standard InChI is InChI=1S/C18H15F4N5O/c1-11(17(28)23-10-12-5-7-15(19)8-6-12)27-25-16(24-26-27)13-3-2-4-14(9-13)18(20,21)22/h2-9,11H,10H2,1H3,(H,23,28)/t11-/m1/s1. The lowest BCUT2D eigenvalue weighted by Gasteiger charge is -2.11. The number of rotatable bonds is 5. The molecule has 1 atom stereocenters. The van der Waals surface area contributed by atoms with Crippen LogP contribution >= 0.6 is 0 Å². The Morgan fingerprint density at radius 3 is 2.57 bits per heavy atom. The number of nitrogens with zero attached hydrogens (tertiary/aromatic N) is 4. The molecule has 1 heterocycles. The van der Waals surface area contributed by atoms with Gasteiger partial charge in [-0.3, -0.25) is 4.79 Å². The Morgan fingerprint density at radius 1 is 1.18 bits per heavy atom. The van der Waals surface area contributed by atoms with Gasteiger partial charge in [-0.15, -0.1) is 10.2 Å². The summed E-state index contributed by atoms with van der Waals surface area (Å²) < 4.78 is 51.4. The largest absolute Gasteiger partial charge is 0.416 e. The molecule has 3 rings (SSSR count). The topological polar surface area (TPSA) is 72.7 Å². The number of hydrogen-bond acceptors (Lipinski definition) is 4. The molecular formula is C18H15F4N5O. The molecular weight excluding hydrogens is 378 g/mol. The van der Waals surface area contributed by atoms with E-state index in [-0.39, 0.29) is 23.7 Å². The fourth-order valence-electron chi connectivity index (χ4n) is 2.38. The number of benzene rings is 2. The third-order valence-corrected chi connectivity index (χ3v) is 3.98. The molecule has 0 aliphatic heterocycles. The Kier molecular flexibility index (Phi) is 5.39. The van der Waals surface area contributed by atoms with Gasteiger partial charge in [-0.2, -0.15) is 18.0 Å². The summed E-state index contributed by atoms with van der Waals surface area (Å²) in [4.78, 5) is 13.3. The fraction of sp³-hybridized carbons (Fsp3) is 0.222. The molecule has 0 fully saturated rings. The minimum atomic E-state index is -4.49. The van der Waals surface area contributed by atoms with Crippen molar-refractivity contribution < 1.29 is 22.4 Å². The number of tetrazole rings is 1. The summed E-state index contributed by atoms with van der Waals surface area (Å²) in [6.07, 6.45) is -4.49. The smallest absolute Gasteiger partial charge is 0.350 e. The Labute approximate surface area is 157 Å². The van der Waals surface area contributed by atoms with E-state index in [1.165, 1.54) is 31.2 Å². The predicted octanol–water partition coefficient (Wildman–Crippen LogP) is 3.38. The van der Waals surface area contributed by atoms with E-state index in [9.17, 15) is 22.4 Å². The van der Waals surface area contributed by atoms with E-state index in [4.69, 9.17) is 0 Å². The monoisotopic (exact) mass is 393 g/mol. The summed E-state index contributed by atoms with van der Waals surface area (Å²) in [5.74, 6) is -0.820. The highest BCUT2D eigenvalue weighted by atomic mass is 19.4. The summed E-state index contributed by atoms with van der Waals surface area (Å²) in [5.41, 5.74) is 0.0181. The first-order valence-electron chi connectivity index (χ1n) is 8.23. The molecule has 1 N–H and O–H groups in total. The molecule has 0 unspecified atom stereocenters. The van der Waals surface area contributed by atoms with Gasteiger partial charge in [-0.1, -0.05) is 24.3 Å². The normalized spacial score (nSPS) is 12.6. The Bertz CT molecular complexity index is 969. The second kappa shape index (κ2) is 7.75. The Balaban J connectivity index is 1.69. The number of halogens is 4. The van der Waals surface area contributed by atoms with Gasteiger partial charge in [-0.25, -0.2) is 4.39 Å². The van der Waals surface area contributed by atoms with E-state index in [1.807, 2.05) is 0 Å². The zero-order valence-corrected chi connectivity index (χ0v) is 14.6. The van der Waals surface area contributed by atoms with Crippen molar-refractivity contribution in [1.29, 1.82) is 0 Å². The third kappa shape index (κ3) is 4.51. The molecule has 0 saturated heterocycles. The highest BCUT2D eigenvalue weighted by molar-refractivity contribution is 5.79. The molecule has 2 aromatic carbocycles. The van der Waals surface area contributed by atoms with Crippen LogP contribution in [0.5, 0.6) is 0 Å². The van der Waals surface area contributed by atoms with E-state index in [0.717, 1.165) is 16.9 Å². The van der Waals surface area contributed by atoms with Gasteiger partial charge in [0.2, 0.25) is 11.7 Å². The van der Waals surface area contributed by atoms with Crippen LogP contribution in [0.1, 0.15) is 24.1 Å². The molecule has 0 radical (unpaired) electrons. The van der Waals surface area contributed by atoms with E-state index in [1.54, 1.807) is 12.1 Å². The molecule has 3 aromatic rings. The van der Waals surface area contributed by atoms with Gasteiger partial charge in [0.25, 0.3) is 0 Å². The van der Waals surface area contributed by atoms with E-state index >= 15 is 0 Å². The van der Waals surface area contributed by atoms with E-state index in [2.05, 4.69) is 20.7 Å². The molecule has 6 nitrogen and oxygen atoms in total. The fourth-order valence-corrected chi connectivity index (χ4v) is 2.38. The van der Waals surface area contributed by atoms with Crippen molar-refractivity contribution >= 4 is 5.91 Å². The SMILES string of the molecule is C[C@H](C(=O)NCc1ccc(F)cc1)n1nnc(-c2cccc(C(F)(F)F)c2)n1. The quantitative estimate of drug-likeness (QED) is 0.675. The van der Waals surface area contributed by atoms with Crippen LogP contribution in [0.4, 0.5) is 17.6 Å². The summed E-state index contributed by atoms with van der Waals surface area (Å²) in [6, 6.07) is 9.34. The number of alkyl halides is 3. The molecule has 0 bridgehead atoms. The highest BCUT2D eigenvalue weighted by Gasteiger charge is 2.31. The maximum atomic E-state index is 12.9. The van der Waals surface area contributed by atoms with E-state index in [0.29, 0.717) is 5.56 Å². The van der Waals surface area contributed by atoms with Gasteiger partial charge in [0.15, 0.2) is 0 Å². The van der Waals surface area contributed by atoms with Crippen LogP contribution in [0.25, 0.3) is 11.4 Å². The lowest BCUT2D eigenvalue weighted by atomic mass is 10.1. The number of carbonyl (C=O) groups excluding carboxylic acids is 1. The van der Waals surface area contributed by atoms with Crippen LogP contribution in [0.3, 0.4) is 0 Å². The number of amides is 1. The second-order valence-electron chi connectivity index (χ2n) is 6.03. The summed E-state index contributed by atoms with van der Waals surface area (Å²) >= 11 is 0. The van der Waals surface area contributed by atoms with Crippen molar-refractivity contribution in [3.63, 3.8) is 0 Å². The summed E-state index contributed by atoms with van der Waals surface area (Å²) in [5, 5.41) is 14.2. The first kappa shape index (κ1) is 19.5. The van der Waals surface area contributed by atoms with Gasteiger partial charge in [0.05, 0.1) is 5.56 Å². The van der Waals surface area contributed by atoms with Crippen LogP contribution in [0.2, 0.25) is 0 Å². The minimum absolute atomic E-state index is 0.0238. The van der Waals surface area contributed by atoms with Crippen molar-refractivity contribution in [1.82, 2.24) is 25.5 Å². The highest BCUT2D eigenvalue weighted by Crippen LogP contribution is 2.31. The molecule has 0 aliphatic carbocycles. The van der Waals surface area contributed by atoms with Crippen molar-refractivity contribution in [3.8, 4) is 11.4 Å². The van der Waals surface area contributed by atoms with Gasteiger partial charge in [0, 0.05) is 12.1 Å². The number of hydrogen-bond donors (Lipinski definition) is 1. The van der Waals surface area contributed by atoms with E-state index < -0.39 is 23.7 Å².